The fraction of sp³-hybridized carbons (Fsp3) is 0.300. The highest BCUT2D eigenvalue weighted by atomic mass is 16.1. The van der Waals surface area contributed by atoms with E-state index in [0.717, 1.165) is 30.8 Å². The molecular weight excluding hydrogens is 312 g/mol. The van der Waals surface area contributed by atoms with Crippen LogP contribution in [-0.2, 0) is 13.0 Å². The molecule has 0 amide bonds. The zero-order valence-electron chi connectivity index (χ0n) is 14.3. The van der Waals surface area contributed by atoms with Crippen LogP contribution in [-0.4, -0.2) is 14.5 Å². The van der Waals surface area contributed by atoms with Gasteiger partial charge in [0.15, 0.2) is 0 Å². The van der Waals surface area contributed by atoms with E-state index in [1.165, 1.54) is 0 Å². The highest BCUT2D eigenvalue weighted by Crippen LogP contribution is 2.30. The van der Waals surface area contributed by atoms with E-state index in [-0.39, 0.29) is 11.0 Å². The smallest absolute Gasteiger partial charge is 0.261 e. The summed E-state index contributed by atoms with van der Waals surface area (Å²) in [6, 6.07) is 11.1. The van der Waals surface area contributed by atoms with Crippen molar-refractivity contribution in [3.8, 4) is 17.3 Å². The van der Waals surface area contributed by atoms with Gasteiger partial charge in [0, 0.05) is 24.7 Å². The molecular formula is C20H18N4O. The fourth-order valence-electron chi connectivity index (χ4n) is 3.38. The largest absolute Gasteiger partial charge is 0.296 e. The van der Waals surface area contributed by atoms with Crippen molar-refractivity contribution in [1.82, 2.24) is 14.5 Å². The zero-order chi connectivity index (χ0) is 17.6. The lowest BCUT2D eigenvalue weighted by atomic mass is 9.83. The van der Waals surface area contributed by atoms with Gasteiger partial charge in [0.1, 0.15) is 5.82 Å². The van der Waals surface area contributed by atoms with Gasteiger partial charge in [0.25, 0.3) is 5.56 Å². The number of aromatic nitrogens is 3. The van der Waals surface area contributed by atoms with Crippen LogP contribution in [0.25, 0.3) is 22.2 Å². The first-order valence-electron chi connectivity index (χ1n) is 8.37. The molecule has 3 aromatic rings. The van der Waals surface area contributed by atoms with Crippen LogP contribution in [0.3, 0.4) is 0 Å². The summed E-state index contributed by atoms with van der Waals surface area (Å²) in [6.45, 7) is 5.14. The first kappa shape index (κ1) is 15.5. The van der Waals surface area contributed by atoms with Crippen molar-refractivity contribution in [2.24, 2.45) is 5.41 Å². The van der Waals surface area contributed by atoms with Crippen molar-refractivity contribution in [2.45, 2.75) is 33.2 Å². The predicted molar refractivity (Wildman–Crippen MR) is 96.1 cm³/mol. The summed E-state index contributed by atoms with van der Waals surface area (Å²) < 4.78 is 1.81. The molecule has 1 aromatic carbocycles. The molecule has 1 aliphatic rings. The summed E-state index contributed by atoms with van der Waals surface area (Å²) in [5.74, 6) is 0.852. The Kier molecular flexibility index (Phi) is 3.43. The Labute approximate surface area is 145 Å². The molecule has 0 fully saturated rings. The highest BCUT2D eigenvalue weighted by Gasteiger charge is 2.27. The van der Waals surface area contributed by atoms with Crippen LogP contribution in [0.1, 0.15) is 31.7 Å². The van der Waals surface area contributed by atoms with Crippen LogP contribution in [0.5, 0.6) is 0 Å². The van der Waals surface area contributed by atoms with Crippen LogP contribution in [0.4, 0.5) is 0 Å². The second-order valence-corrected chi connectivity index (χ2v) is 7.35. The minimum Gasteiger partial charge on any atom is -0.296 e. The van der Waals surface area contributed by atoms with E-state index in [1.54, 1.807) is 18.3 Å². The number of nitriles is 1. The molecule has 0 N–H and O–H groups in total. The normalized spacial score (nSPS) is 15.6. The van der Waals surface area contributed by atoms with Crippen LogP contribution < -0.4 is 5.56 Å². The lowest BCUT2D eigenvalue weighted by Gasteiger charge is -2.31. The van der Waals surface area contributed by atoms with Crippen molar-refractivity contribution < 1.29 is 0 Å². The van der Waals surface area contributed by atoms with Crippen LogP contribution >= 0.6 is 0 Å². The minimum atomic E-state index is 0.0285. The molecule has 5 nitrogen and oxygen atoms in total. The topological polar surface area (TPSA) is 71.6 Å². The zero-order valence-corrected chi connectivity index (χ0v) is 14.3. The monoisotopic (exact) mass is 330 g/mol. The predicted octanol–water partition coefficient (Wildman–Crippen LogP) is 3.30. The molecule has 3 heterocycles. The maximum Gasteiger partial charge on any atom is 0.261 e. The first-order chi connectivity index (χ1) is 12.0. The Morgan fingerprint density at radius 3 is 2.88 bits per heavy atom. The van der Waals surface area contributed by atoms with Gasteiger partial charge < -0.3 is 0 Å². The molecule has 0 spiro atoms. The maximum absolute atomic E-state index is 12.8. The standard InChI is InChI=1S/C20H18N4O/c1-20(2)6-8-24-18(11-20)23-17-10-14(3-4-15(17)19(24)25)16-9-13(12-21)5-7-22-16/h3-5,7,9-10H,6,8,11H2,1-2H3. The summed E-state index contributed by atoms with van der Waals surface area (Å²) in [4.78, 5) is 21.9. The number of hydrogen-bond donors (Lipinski definition) is 0. The van der Waals surface area contributed by atoms with E-state index >= 15 is 0 Å². The summed E-state index contributed by atoms with van der Waals surface area (Å²) in [7, 11) is 0. The molecule has 0 aliphatic carbocycles. The van der Waals surface area contributed by atoms with Crippen molar-refractivity contribution in [3.63, 3.8) is 0 Å². The van der Waals surface area contributed by atoms with Gasteiger partial charge in [-0.05, 0) is 36.1 Å². The number of pyridine rings is 1. The van der Waals surface area contributed by atoms with Gasteiger partial charge in [-0.1, -0.05) is 19.9 Å². The number of hydrogen-bond acceptors (Lipinski definition) is 4. The Hall–Kier alpha value is -3.00. The van der Waals surface area contributed by atoms with Crippen LogP contribution in [0.2, 0.25) is 0 Å². The van der Waals surface area contributed by atoms with E-state index in [9.17, 15) is 4.79 Å². The van der Waals surface area contributed by atoms with Crippen molar-refractivity contribution in [2.75, 3.05) is 0 Å². The Morgan fingerprint density at radius 2 is 2.08 bits per heavy atom. The third-order valence-electron chi connectivity index (χ3n) is 4.87. The van der Waals surface area contributed by atoms with Crippen molar-refractivity contribution in [1.29, 1.82) is 5.26 Å². The molecule has 0 bridgehead atoms. The van der Waals surface area contributed by atoms with Crippen LogP contribution in [0.15, 0.2) is 41.3 Å². The van der Waals surface area contributed by atoms with Gasteiger partial charge >= 0.3 is 0 Å². The van der Waals surface area contributed by atoms with Crippen molar-refractivity contribution in [3.05, 3.63) is 58.3 Å². The molecule has 2 aromatic heterocycles. The Morgan fingerprint density at radius 1 is 1.24 bits per heavy atom. The molecule has 124 valence electrons. The fourth-order valence-corrected chi connectivity index (χ4v) is 3.38. The quantitative estimate of drug-likeness (QED) is 0.686. The molecule has 0 unspecified atom stereocenters. The summed E-state index contributed by atoms with van der Waals surface area (Å²) >= 11 is 0. The molecule has 0 saturated carbocycles. The van der Waals surface area contributed by atoms with E-state index in [0.29, 0.717) is 22.2 Å². The number of nitrogens with zero attached hydrogens (tertiary/aromatic N) is 4. The SMILES string of the molecule is CC1(C)CCn2c(nc3cc(-c4cc(C#N)ccn4)ccc3c2=O)C1. The molecule has 25 heavy (non-hydrogen) atoms. The van der Waals surface area contributed by atoms with Gasteiger partial charge in [-0.2, -0.15) is 5.26 Å². The molecule has 0 atom stereocenters. The molecule has 5 heteroatoms. The van der Waals surface area contributed by atoms with Gasteiger partial charge in [0.05, 0.1) is 28.2 Å². The summed E-state index contributed by atoms with van der Waals surface area (Å²) in [5.41, 5.74) is 3.01. The number of rotatable bonds is 1. The number of fused-ring (bicyclic) bond motifs is 2. The molecule has 0 saturated heterocycles. The third kappa shape index (κ3) is 2.70. The molecule has 0 radical (unpaired) electrons. The average Bonchev–Trinajstić information content (AvgIpc) is 2.60. The Balaban J connectivity index is 1.89. The second kappa shape index (κ2) is 5.52. The van der Waals surface area contributed by atoms with Gasteiger partial charge in [0.2, 0.25) is 0 Å². The minimum absolute atomic E-state index is 0.0285. The highest BCUT2D eigenvalue weighted by molar-refractivity contribution is 5.83. The second-order valence-electron chi connectivity index (χ2n) is 7.35. The van der Waals surface area contributed by atoms with E-state index in [2.05, 4.69) is 24.9 Å². The maximum atomic E-state index is 12.8. The lowest BCUT2D eigenvalue weighted by Crippen LogP contribution is -2.35. The molecule has 4 rings (SSSR count). The van der Waals surface area contributed by atoms with E-state index in [1.807, 2.05) is 22.8 Å². The van der Waals surface area contributed by atoms with Gasteiger partial charge in [-0.3, -0.25) is 14.3 Å². The summed E-state index contributed by atoms with van der Waals surface area (Å²) in [5, 5.41) is 9.69. The average molecular weight is 330 g/mol. The van der Waals surface area contributed by atoms with Crippen molar-refractivity contribution >= 4 is 10.9 Å². The lowest BCUT2D eigenvalue weighted by molar-refractivity contribution is 0.261. The molecule has 1 aliphatic heterocycles. The van der Waals surface area contributed by atoms with Gasteiger partial charge in [-0.15, -0.1) is 0 Å². The van der Waals surface area contributed by atoms with Gasteiger partial charge in [-0.25, -0.2) is 4.98 Å². The first-order valence-corrected chi connectivity index (χ1v) is 8.37. The van der Waals surface area contributed by atoms with E-state index < -0.39 is 0 Å². The summed E-state index contributed by atoms with van der Waals surface area (Å²) in [6.07, 6.45) is 3.40. The van der Waals surface area contributed by atoms with Crippen LogP contribution in [0, 0.1) is 16.7 Å². The number of benzene rings is 1. The Bertz CT molecular complexity index is 1090. The third-order valence-corrected chi connectivity index (χ3v) is 4.87. The van der Waals surface area contributed by atoms with E-state index in [4.69, 9.17) is 10.2 Å².